The Morgan fingerprint density at radius 1 is 1.00 bits per heavy atom. The number of aryl methyl sites for hydroxylation is 1. The van der Waals surface area contributed by atoms with E-state index in [0.29, 0.717) is 43.2 Å². The number of anilines is 1. The van der Waals surface area contributed by atoms with Crippen LogP contribution in [0.2, 0.25) is 0 Å². The Labute approximate surface area is 173 Å². The van der Waals surface area contributed by atoms with Crippen LogP contribution in [-0.2, 0) is 11.2 Å². The van der Waals surface area contributed by atoms with Gasteiger partial charge in [0.05, 0.1) is 0 Å². The zero-order valence-electron chi connectivity index (χ0n) is 16.2. The summed E-state index contributed by atoms with van der Waals surface area (Å²) in [7, 11) is 0. The fourth-order valence-electron chi connectivity index (χ4n) is 3.55. The van der Waals surface area contributed by atoms with E-state index in [1.807, 2.05) is 59.2 Å². The summed E-state index contributed by atoms with van der Waals surface area (Å²) in [6.07, 6.45) is 2.54. The number of nitrogens with zero attached hydrogens (tertiary/aromatic N) is 3. The van der Waals surface area contributed by atoms with Crippen molar-refractivity contribution in [2.45, 2.75) is 12.8 Å². The summed E-state index contributed by atoms with van der Waals surface area (Å²) in [4.78, 5) is 21.8. The Balaban J connectivity index is 1.34. The number of fused-ring (bicyclic) bond motifs is 2. The van der Waals surface area contributed by atoms with Crippen LogP contribution in [0, 0.1) is 0 Å². The van der Waals surface area contributed by atoms with E-state index in [9.17, 15) is 4.79 Å². The van der Waals surface area contributed by atoms with Gasteiger partial charge in [-0.3, -0.25) is 9.36 Å². The van der Waals surface area contributed by atoms with E-state index in [2.05, 4.69) is 10.3 Å². The van der Waals surface area contributed by atoms with Crippen LogP contribution in [-0.4, -0.2) is 33.7 Å². The Hall–Kier alpha value is -3.87. The van der Waals surface area contributed by atoms with Gasteiger partial charge >= 0.3 is 0 Å². The molecule has 0 spiro atoms. The van der Waals surface area contributed by atoms with E-state index in [4.69, 9.17) is 14.5 Å². The number of hydrogen-bond acceptors (Lipinski definition) is 5. The van der Waals surface area contributed by atoms with E-state index >= 15 is 0 Å². The van der Waals surface area contributed by atoms with Gasteiger partial charge < -0.3 is 14.8 Å². The lowest BCUT2D eigenvalue weighted by molar-refractivity contribution is -0.116. The fraction of sp³-hybridized carbons (Fsp3) is 0.174. The Morgan fingerprint density at radius 3 is 2.70 bits per heavy atom. The lowest BCUT2D eigenvalue weighted by Gasteiger charge is -2.19. The van der Waals surface area contributed by atoms with Crippen LogP contribution in [0.25, 0.3) is 16.9 Å². The summed E-state index contributed by atoms with van der Waals surface area (Å²) in [6, 6.07) is 19.1. The van der Waals surface area contributed by atoms with Crippen molar-refractivity contribution >= 4 is 22.8 Å². The number of amides is 1. The molecule has 1 amide bonds. The third kappa shape index (κ3) is 3.57. The molecule has 0 radical (unpaired) electrons. The highest BCUT2D eigenvalue weighted by Gasteiger charge is 2.16. The van der Waals surface area contributed by atoms with Crippen LogP contribution in [0.15, 0.2) is 66.9 Å². The topological polar surface area (TPSA) is 78.3 Å². The average molecular weight is 400 g/mol. The first-order chi connectivity index (χ1) is 14.8. The SMILES string of the molecule is O=C(CCc1nc2cccnc2n1-c1ccccc1)Nc1ccc2c(c1)OCCO2. The minimum atomic E-state index is -0.0914. The monoisotopic (exact) mass is 400 g/mol. The van der Waals surface area contributed by atoms with Crippen LogP contribution in [0.1, 0.15) is 12.2 Å². The molecular formula is C23H20N4O3. The minimum absolute atomic E-state index is 0.0914. The number of benzene rings is 2. The quantitative estimate of drug-likeness (QED) is 0.552. The van der Waals surface area contributed by atoms with E-state index in [0.717, 1.165) is 22.7 Å². The number of imidazole rings is 1. The van der Waals surface area contributed by atoms with Gasteiger partial charge in [-0.2, -0.15) is 0 Å². The first-order valence-corrected chi connectivity index (χ1v) is 9.85. The number of carbonyl (C=O) groups is 1. The van der Waals surface area contributed by atoms with Gasteiger partial charge in [0.1, 0.15) is 24.6 Å². The van der Waals surface area contributed by atoms with Crippen LogP contribution in [0.5, 0.6) is 11.5 Å². The van der Waals surface area contributed by atoms with Crippen LogP contribution < -0.4 is 14.8 Å². The summed E-state index contributed by atoms with van der Waals surface area (Å²) >= 11 is 0. The summed E-state index contributed by atoms with van der Waals surface area (Å²) in [5.41, 5.74) is 3.25. The first-order valence-electron chi connectivity index (χ1n) is 9.85. The van der Waals surface area contributed by atoms with Crippen molar-refractivity contribution in [1.82, 2.24) is 14.5 Å². The standard InChI is InChI=1S/C23H20N4O3/c28-22(25-16-8-9-19-20(15-16)30-14-13-29-19)11-10-21-26-18-7-4-12-24-23(18)27(21)17-5-2-1-3-6-17/h1-9,12,15H,10-11,13-14H2,(H,25,28). The molecule has 1 aliphatic heterocycles. The highest BCUT2D eigenvalue weighted by Crippen LogP contribution is 2.32. The van der Waals surface area contributed by atoms with Gasteiger partial charge in [-0.25, -0.2) is 9.97 Å². The molecule has 0 unspecified atom stereocenters. The summed E-state index contributed by atoms with van der Waals surface area (Å²) in [6.45, 7) is 1.05. The van der Waals surface area contributed by atoms with Crippen molar-refractivity contribution in [3.05, 3.63) is 72.7 Å². The number of aromatic nitrogens is 3. The molecule has 3 heterocycles. The molecule has 150 valence electrons. The van der Waals surface area contributed by atoms with Gasteiger partial charge in [-0.1, -0.05) is 18.2 Å². The van der Waals surface area contributed by atoms with Gasteiger partial charge in [0.2, 0.25) is 5.91 Å². The van der Waals surface area contributed by atoms with Gasteiger partial charge in [-0.05, 0) is 36.4 Å². The maximum Gasteiger partial charge on any atom is 0.224 e. The largest absolute Gasteiger partial charge is 0.486 e. The Kier molecular flexibility index (Phi) is 4.77. The number of hydrogen-bond donors (Lipinski definition) is 1. The normalized spacial score (nSPS) is 12.7. The molecule has 0 atom stereocenters. The molecule has 2 aromatic heterocycles. The van der Waals surface area contributed by atoms with Crippen molar-refractivity contribution in [1.29, 1.82) is 0 Å². The zero-order chi connectivity index (χ0) is 20.3. The van der Waals surface area contributed by atoms with E-state index < -0.39 is 0 Å². The van der Waals surface area contributed by atoms with Crippen molar-refractivity contribution in [2.24, 2.45) is 0 Å². The predicted octanol–water partition coefficient (Wildman–Crippen LogP) is 3.76. The average Bonchev–Trinajstić information content (AvgIpc) is 3.17. The Morgan fingerprint density at radius 2 is 1.83 bits per heavy atom. The van der Waals surface area contributed by atoms with Crippen molar-refractivity contribution < 1.29 is 14.3 Å². The van der Waals surface area contributed by atoms with Crippen LogP contribution in [0.3, 0.4) is 0 Å². The summed E-state index contributed by atoms with van der Waals surface area (Å²) < 4.78 is 13.1. The fourth-order valence-corrected chi connectivity index (χ4v) is 3.55. The molecule has 7 nitrogen and oxygen atoms in total. The van der Waals surface area contributed by atoms with Gasteiger partial charge in [-0.15, -0.1) is 0 Å². The maximum absolute atomic E-state index is 12.6. The van der Waals surface area contributed by atoms with Gasteiger partial charge in [0, 0.05) is 36.5 Å². The number of carbonyl (C=O) groups excluding carboxylic acids is 1. The predicted molar refractivity (Wildman–Crippen MR) is 113 cm³/mol. The third-order valence-corrected chi connectivity index (χ3v) is 4.90. The first kappa shape index (κ1) is 18.2. The van der Waals surface area contributed by atoms with Crippen molar-refractivity contribution in [3.8, 4) is 17.2 Å². The highest BCUT2D eigenvalue weighted by atomic mass is 16.6. The molecule has 1 aliphatic rings. The number of pyridine rings is 1. The molecule has 0 saturated heterocycles. The number of ether oxygens (including phenoxy) is 2. The maximum atomic E-state index is 12.6. The van der Waals surface area contributed by atoms with E-state index in [1.165, 1.54) is 0 Å². The molecule has 0 saturated carbocycles. The number of rotatable bonds is 5. The molecule has 4 aromatic rings. The lowest BCUT2D eigenvalue weighted by Crippen LogP contribution is -2.17. The number of para-hydroxylation sites is 1. The molecule has 0 bridgehead atoms. The molecule has 0 aliphatic carbocycles. The van der Waals surface area contributed by atoms with Crippen molar-refractivity contribution in [2.75, 3.05) is 18.5 Å². The molecule has 5 rings (SSSR count). The highest BCUT2D eigenvalue weighted by molar-refractivity contribution is 5.91. The van der Waals surface area contributed by atoms with Gasteiger partial charge in [0.25, 0.3) is 0 Å². The van der Waals surface area contributed by atoms with Crippen molar-refractivity contribution in [3.63, 3.8) is 0 Å². The molecule has 7 heteroatoms. The van der Waals surface area contributed by atoms with Crippen LogP contribution in [0.4, 0.5) is 5.69 Å². The van der Waals surface area contributed by atoms with E-state index in [1.54, 1.807) is 12.3 Å². The zero-order valence-corrected chi connectivity index (χ0v) is 16.2. The minimum Gasteiger partial charge on any atom is -0.486 e. The molecular weight excluding hydrogens is 380 g/mol. The second-order valence-electron chi connectivity index (χ2n) is 6.95. The van der Waals surface area contributed by atoms with Gasteiger partial charge in [0.15, 0.2) is 17.1 Å². The smallest absolute Gasteiger partial charge is 0.224 e. The summed E-state index contributed by atoms with van der Waals surface area (Å²) in [5.74, 6) is 2.05. The van der Waals surface area contributed by atoms with E-state index in [-0.39, 0.29) is 5.91 Å². The van der Waals surface area contributed by atoms with Crippen LogP contribution >= 0.6 is 0 Å². The summed E-state index contributed by atoms with van der Waals surface area (Å²) in [5, 5.41) is 2.93. The second kappa shape index (κ2) is 7.87. The molecule has 1 N–H and O–H groups in total. The third-order valence-electron chi connectivity index (χ3n) is 4.90. The number of nitrogens with one attached hydrogen (secondary N) is 1. The molecule has 30 heavy (non-hydrogen) atoms. The second-order valence-corrected chi connectivity index (χ2v) is 6.95. The Bertz CT molecular complexity index is 1200. The molecule has 0 fully saturated rings. The molecule has 2 aromatic carbocycles. The lowest BCUT2D eigenvalue weighted by atomic mass is 10.2.